The van der Waals surface area contributed by atoms with Gasteiger partial charge in [0, 0.05) is 5.41 Å². The van der Waals surface area contributed by atoms with Gasteiger partial charge in [-0.2, -0.15) is 0 Å². The Bertz CT molecular complexity index is 577. The van der Waals surface area contributed by atoms with Crippen molar-refractivity contribution in [2.24, 2.45) is 0 Å². The first-order valence-electron chi connectivity index (χ1n) is 6.62. The summed E-state index contributed by atoms with van der Waals surface area (Å²) in [7, 11) is 0. The lowest BCUT2D eigenvalue weighted by atomic mass is 9.97. The van der Waals surface area contributed by atoms with E-state index in [0.29, 0.717) is 18.2 Å². The molecule has 2 aromatic heterocycles. The Morgan fingerprint density at radius 1 is 1.40 bits per heavy atom. The van der Waals surface area contributed by atoms with Crippen LogP contribution in [0.5, 0.6) is 0 Å². The van der Waals surface area contributed by atoms with E-state index in [1.165, 1.54) is 0 Å². The molecule has 0 spiro atoms. The van der Waals surface area contributed by atoms with E-state index in [2.05, 4.69) is 10.3 Å². The SMILES string of the molecule is Cc1nc(C(C)(C)C)oc1CC(=O)NCc1ccco1. The Morgan fingerprint density at radius 2 is 2.15 bits per heavy atom. The number of rotatable bonds is 4. The van der Waals surface area contributed by atoms with Gasteiger partial charge in [0.1, 0.15) is 11.5 Å². The van der Waals surface area contributed by atoms with Crippen molar-refractivity contribution < 1.29 is 13.6 Å². The van der Waals surface area contributed by atoms with Crippen molar-refractivity contribution in [1.82, 2.24) is 10.3 Å². The normalized spacial score (nSPS) is 11.6. The van der Waals surface area contributed by atoms with Crippen molar-refractivity contribution in [3.05, 3.63) is 41.5 Å². The predicted molar refractivity (Wildman–Crippen MR) is 74.2 cm³/mol. The van der Waals surface area contributed by atoms with Gasteiger partial charge in [0.2, 0.25) is 5.91 Å². The maximum absolute atomic E-state index is 11.9. The Labute approximate surface area is 118 Å². The molecule has 1 N–H and O–H groups in total. The van der Waals surface area contributed by atoms with Crippen molar-refractivity contribution in [3.63, 3.8) is 0 Å². The fourth-order valence-corrected chi connectivity index (χ4v) is 1.72. The minimum Gasteiger partial charge on any atom is -0.467 e. The molecule has 0 radical (unpaired) electrons. The standard InChI is InChI=1S/C15H20N2O3/c1-10-12(20-14(17-10)15(2,3)4)8-13(18)16-9-11-6-5-7-19-11/h5-7H,8-9H2,1-4H3,(H,16,18). The van der Waals surface area contributed by atoms with Gasteiger partial charge in [0.25, 0.3) is 0 Å². The van der Waals surface area contributed by atoms with Crippen LogP contribution < -0.4 is 5.32 Å². The number of carbonyl (C=O) groups is 1. The van der Waals surface area contributed by atoms with E-state index in [1.807, 2.05) is 33.8 Å². The van der Waals surface area contributed by atoms with Crippen molar-refractivity contribution in [2.45, 2.75) is 46.1 Å². The highest BCUT2D eigenvalue weighted by Crippen LogP contribution is 2.23. The minimum absolute atomic E-state index is 0.110. The molecule has 2 aromatic rings. The molecule has 108 valence electrons. The van der Waals surface area contributed by atoms with Gasteiger partial charge in [-0.25, -0.2) is 4.98 Å². The van der Waals surface area contributed by atoms with Crippen LogP contribution in [0.4, 0.5) is 0 Å². The molecule has 2 heterocycles. The molecule has 20 heavy (non-hydrogen) atoms. The first kappa shape index (κ1) is 14.4. The van der Waals surface area contributed by atoms with Gasteiger partial charge in [-0.15, -0.1) is 0 Å². The van der Waals surface area contributed by atoms with E-state index >= 15 is 0 Å². The lowest BCUT2D eigenvalue weighted by molar-refractivity contribution is -0.120. The Balaban J connectivity index is 1.96. The molecule has 0 aliphatic rings. The quantitative estimate of drug-likeness (QED) is 0.932. The molecule has 0 unspecified atom stereocenters. The molecule has 2 rings (SSSR count). The molecule has 0 aliphatic heterocycles. The summed E-state index contributed by atoms with van der Waals surface area (Å²) in [5.74, 6) is 1.89. The number of aryl methyl sites for hydroxylation is 1. The van der Waals surface area contributed by atoms with E-state index in [1.54, 1.807) is 12.3 Å². The van der Waals surface area contributed by atoms with Crippen LogP contribution in [0.15, 0.2) is 27.2 Å². The second-order valence-electron chi connectivity index (χ2n) is 5.81. The fourth-order valence-electron chi connectivity index (χ4n) is 1.72. The molecule has 0 saturated heterocycles. The monoisotopic (exact) mass is 276 g/mol. The summed E-state index contributed by atoms with van der Waals surface area (Å²) in [4.78, 5) is 16.3. The maximum atomic E-state index is 11.9. The number of amides is 1. The van der Waals surface area contributed by atoms with Gasteiger partial charge in [-0.05, 0) is 19.1 Å². The summed E-state index contributed by atoms with van der Waals surface area (Å²) in [6, 6.07) is 3.61. The zero-order chi connectivity index (χ0) is 14.8. The Kier molecular flexibility index (Phi) is 3.97. The van der Waals surface area contributed by atoms with Gasteiger partial charge in [-0.3, -0.25) is 4.79 Å². The zero-order valence-corrected chi connectivity index (χ0v) is 12.3. The topological polar surface area (TPSA) is 68.3 Å². The first-order valence-corrected chi connectivity index (χ1v) is 6.62. The first-order chi connectivity index (χ1) is 9.36. The highest BCUT2D eigenvalue weighted by atomic mass is 16.4. The number of furan rings is 1. The summed E-state index contributed by atoms with van der Waals surface area (Å²) in [5, 5.41) is 2.79. The highest BCUT2D eigenvalue weighted by molar-refractivity contribution is 5.78. The smallest absolute Gasteiger partial charge is 0.228 e. The molecule has 5 nitrogen and oxygen atoms in total. The van der Waals surface area contributed by atoms with E-state index in [4.69, 9.17) is 8.83 Å². The summed E-state index contributed by atoms with van der Waals surface area (Å²) >= 11 is 0. The summed E-state index contributed by atoms with van der Waals surface area (Å²) in [6.45, 7) is 8.32. The van der Waals surface area contributed by atoms with Gasteiger partial charge >= 0.3 is 0 Å². The molecule has 5 heteroatoms. The number of nitrogens with zero attached hydrogens (tertiary/aromatic N) is 1. The van der Waals surface area contributed by atoms with Crippen LogP contribution in [0, 0.1) is 6.92 Å². The molecule has 0 saturated carbocycles. The average Bonchev–Trinajstić information content (AvgIpc) is 2.96. The van der Waals surface area contributed by atoms with Crippen LogP contribution in [0.1, 0.15) is 43.9 Å². The maximum Gasteiger partial charge on any atom is 0.228 e. The molecule has 0 fully saturated rings. The highest BCUT2D eigenvalue weighted by Gasteiger charge is 2.23. The van der Waals surface area contributed by atoms with Crippen molar-refractivity contribution >= 4 is 5.91 Å². The molecule has 1 amide bonds. The number of aromatic nitrogens is 1. The molecule has 0 aromatic carbocycles. The molecular weight excluding hydrogens is 256 g/mol. The Hall–Kier alpha value is -2.04. The summed E-state index contributed by atoms with van der Waals surface area (Å²) < 4.78 is 10.8. The number of carbonyl (C=O) groups excluding carboxylic acids is 1. The predicted octanol–water partition coefficient (Wildman–Crippen LogP) is 2.73. The number of hydrogen-bond acceptors (Lipinski definition) is 4. The van der Waals surface area contributed by atoms with Gasteiger partial charge < -0.3 is 14.2 Å². The molecule has 0 bridgehead atoms. The third kappa shape index (κ3) is 3.50. The van der Waals surface area contributed by atoms with Crippen LogP contribution in [0.3, 0.4) is 0 Å². The van der Waals surface area contributed by atoms with Crippen LogP contribution in [0.25, 0.3) is 0 Å². The van der Waals surface area contributed by atoms with E-state index in [0.717, 1.165) is 11.5 Å². The molecule has 0 atom stereocenters. The van der Waals surface area contributed by atoms with Crippen LogP contribution in [-0.2, 0) is 23.2 Å². The Morgan fingerprint density at radius 3 is 2.70 bits per heavy atom. The van der Waals surface area contributed by atoms with Crippen molar-refractivity contribution in [2.75, 3.05) is 0 Å². The van der Waals surface area contributed by atoms with E-state index < -0.39 is 0 Å². The number of oxazole rings is 1. The zero-order valence-electron chi connectivity index (χ0n) is 12.3. The third-order valence-corrected chi connectivity index (χ3v) is 2.90. The molecule has 0 aliphatic carbocycles. The summed E-state index contributed by atoms with van der Waals surface area (Å²) in [5.41, 5.74) is 0.608. The number of hydrogen-bond donors (Lipinski definition) is 1. The van der Waals surface area contributed by atoms with Crippen LogP contribution in [0.2, 0.25) is 0 Å². The second-order valence-corrected chi connectivity index (χ2v) is 5.81. The largest absolute Gasteiger partial charge is 0.467 e. The van der Waals surface area contributed by atoms with Crippen molar-refractivity contribution in [1.29, 1.82) is 0 Å². The third-order valence-electron chi connectivity index (χ3n) is 2.90. The summed E-state index contributed by atoms with van der Waals surface area (Å²) in [6.07, 6.45) is 1.77. The lowest BCUT2D eigenvalue weighted by Crippen LogP contribution is -2.24. The van der Waals surface area contributed by atoms with Gasteiger partial charge in [0.15, 0.2) is 5.89 Å². The van der Waals surface area contributed by atoms with Gasteiger partial charge in [0.05, 0.1) is 24.9 Å². The average molecular weight is 276 g/mol. The van der Waals surface area contributed by atoms with Crippen LogP contribution >= 0.6 is 0 Å². The molecular formula is C15H20N2O3. The van der Waals surface area contributed by atoms with Crippen LogP contribution in [-0.4, -0.2) is 10.9 Å². The van der Waals surface area contributed by atoms with E-state index in [9.17, 15) is 4.79 Å². The van der Waals surface area contributed by atoms with Crippen molar-refractivity contribution in [3.8, 4) is 0 Å². The van der Waals surface area contributed by atoms with E-state index in [-0.39, 0.29) is 17.7 Å². The fraction of sp³-hybridized carbons (Fsp3) is 0.467. The second kappa shape index (κ2) is 5.53. The minimum atomic E-state index is -0.159. The lowest BCUT2D eigenvalue weighted by Gasteiger charge is -2.12. The van der Waals surface area contributed by atoms with Gasteiger partial charge in [-0.1, -0.05) is 20.8 Å². The number of nitrogens with one attached hydrogen (secondary N) is 1.